The second-order valence-corrected chi connectivity index (χ2v) is 5.84. The van der Waals surface area contributed by atoms with E-state index in [2.05, 4.69) is 19.9 Å². The molecular formula is C17H20N4O3. The van der Waals surface area contributed by atoms with E-state index in [1.165, 1.54) is 12.3 Å². The molecule has 1 atom stereocenters. The minimum atomic E-state index is -0.704. The van der Waals surface area contributed by atoms with Crippen LogP contribution in [0.4, 0.5) is 11.5 Å². The first-order valence-electron chi connectivity index (χ1n) is 7.91. The largest absolute Gasteiger partial charge is 0.372 e. The van der Waals surface area contributed by atoms with Crippen molar-refractivity contribution in [2.75, 3.05) is 23.8 Å². The molecule has 1 aliphatic rings. The molecule has 0 bridgehead atoms. The minimum Gasteiger partial charge on any atom is -0.372 e. The molecule has 0 radical (unpaired) electrons. The molecule has 7 heteroatoms. The maximum atomic E-state index is 12.7. The van der Waals surface area contributed by atoms with Crippen molar-refractivity contribution in [1.82, 2.24) is 10.1 Å². The zero-order chi connectivity index (χ0) is 17.1. The van der Waals surface area contributed by atoms with Crippen molar-refractivity contribution in [1.29, 1.82) is 0 Å². The van der Waals surface area contributed by atoms with Crippen LogP contribution in [0.5, 0.6) is 0 Å². The third-order valence-corrected chi connectivity index (χ3v) is 4.27. The molecule has 1 N–H and O–H groups in total. The summed E-state index contributed by atoms with van der Waals surface area (Å²) in [6.07, 6.45) is 2.10. The van der Waals surface area contributed by atoms with Crippen molar-refractivity contribution >= 4 is 23.3 Å². The first-order valence-corrected chi connectivity index (χ1v) is 7.91. The van der Waals surface area contributed by atoms with Crippen molar-refractivity contribution < 1.29 is 14.1 Å². The number of hydrogen-bond donors (Lipinski definition) is 1. The Bertz CT molecular complexity index is 729. The summed E-state index contributed by atoms with van der Waals surface area (Å²) < 4.78 is 4.67. The van der Waals surface area contributed by atoms with E-state index >= 15 is 0 Å². The Labute approximate surface area is 140 Å². The Balaban J connectivity index is 1.84. The topological polar surface area (TPSA) is 78.7 Å². The van der Waals surface area contributed by atoms with E-state index in [0.29, 0.717) is 13.1 Å². The Hall–Kier alpha value is -2.83. The van der Waals surface area contributed by atoms with Crippen LogP contribution in [-0.4, -0.2) is 41.5 Å². The summed E-state index contributed by atoms with van der Waals surface area (Å²) in [6.45, 7) is 3.10. The van der Waals surface area contributed by atoms with Gasteiger partial charge in [-0.25, -0.2) is 0 Å². The van der Waals surface area contributed by atoms with Crippen LogP contribution >= 0.6 is 0 Å². The van der Waals surface area contributed by atoms with Crippen LogP contribution in [0, 0.1) is 0 Å². The summed E-state index contributed by atoms with van der Waals surface area (Å²) in [6, 6.07) is 9.39. The average molecular weight is 328 g/mol. The summed E-state index contributed by atoms with van der Waals surface area (Å²) in [7, 11) is 2.00. The van der Waals surface area contributed by atoms with Gasteiger partial charge in [0.05, 0.1) is 0 Å². The zero-order valence-corrected chi connectivity index (χ0v) is 13.7. The molecule has 1 aliphatic heterocycles. The molecule has 2 amide bonds. The highest BCUT2D eigenvalue weighted by Gasteiger charge is 2.32. The molecule has 3 rings (SSSR count). The van der Waals surface area contributed by atoms with Gasteiger partial charge in [-0.2, -0.15) is 0 Å². The van der Waals surface area contributed by atoms with Crippen LogP contribution in [0.1, 0.15) is 18.9 Å². The standard InChI is InChI=1S/C17H20N4O3/c1-3-13-11-20(2)14-7-5-4-6-12(14)10-21(13)17(23)16(22)18-15-8-9-24-19-15/h4-9,13H,3,10-11H2,1-2H3,(H,18,19,22). The van der Waals surface area contributed by atoms with Gasteiger partial charge in [0.25, 0.3) is 0 Å². The van der Waals surface area contributed by atoms with E-state index in [-0.39, 0.29) is 11.9 Å². The summed E-state index contributed by atoms with van der Waals surface area (Å²) >= 11 is 0. The Morgan fingerprint density at radius 1 is 1.33 bits per heavy atom. The van der Waals surface area contributed by atoms with Crippen LogP contribution in [0.15, 0.2) is 41.1 Å². The summed E-state index contributed by atoms with van der Waals surface area (Å²) in [5.74, 6) is -1.03. The molecule has 0 spiro atoms. The third-order valence-electron chi connectivity index (χ3n) is 4.27. The number of benzene rings is 1. The Morgan fingerprint density at radius 3 is 2.83 bits per heavy atom. The number of carbonyl (C=O) groups is 2. The number of aromatic nitrogens is 1. The van der Waals surface area contributed by atoms with E-state index in [1.807, 2.05) is 38.2 Å². The van der Waals surface area contributed by atoms with Crippen LogP contribution < -0.4 is 10.2 Å². The van der Waals surface area contributed by atoms with Crippen molar-refractivity contribution in [3.8, 4) is 0 Å². The number of carbonyl (C=O) groups excluding carboxylic acids is 2. The fraction of sp³-hybridized carbons (Fsp3) is 0.353. The molecular weight excluding hydrogens is 308 g/mol. The van der Waals surface area contributed by atoms with Crippen molar-refractivity contribution in [2.45, 2.75) is 25.9 Å². The van der Waals surface area contributed by atoms with Crippen molar-refractivity contribution in [2.24, 2.45) is 0 Å². The number of nitrogens with zero attached hydrogens (tertiary/aromatic N) is 3. The lowest BCUT2D eigenvalue weighted by molar-refractivity contribution is -0.145. The molecule has 0 saturated carbocycles. The normalized spacial score (nSPS) is 17.2. The fourth-order valence-electron chi connectivity index (χ4n) is 3.01. The van der Waals surface area contributed by atoms with Gasteiger partial charge >= 0.3 is 11.8 Å². The van der Waals surface area contributed by atoms with Crippen LogP contribution in [-0.2, 0) is 16.1 Å². The number of nitrogens with one attached hydrogen (secondary N) is 1. The van der Waals surface area contributed by atoms with E-state index in [0.717, 1.165) is 17.7 Å². The second kappa shape index (κ2) is 6.74. The van der Waals surface area contributed by atoms with Gasteiger partial charge in [-0.15, -0.1) is 0 Å². The SMILES string of the molecule is CCC1CN(C)c2ccccc2CN1C(=O)C(=O)Nc1ccon1. The van der Waals surface area contributed by atoms with Crippen LogP contribution in [0.2, 0.25) is 0 Å². The lowest BCUT2D eigenvalue weighted by atomic mass is 10.1. The van der Waals surface area contributed by atoms with Gasteiger partial charge in [-0.1, -0.05) is 30.3 Å². The predicted molar refractivity (Wildman–Crippen MR) is 89.5 cm³/mol. The first kappa shape index (κ1) is 16.0. The molecule has 2 heterocycles. The highest BCUT2D eigenvalue weighted by molar-refractivity contribution is 6.39. The number of anilines is 2. The summed E-state index contributed by atoms with van der Waals surface area (Å²) in [5, 5.41) is 6.07. The monoisotopic (exact) mass is 328 g/mol. The highest BCUT2D eigenvalue weighted by Crippen LogP contribution is 2.27. The lowest BCUT2D eigenvalue weighted by Gasteiger charge is -2.30. The van der Waals surface area contributed by atoms with Crippen molar-refractivity contribution in [3.63, 3.8) is 0 Å². The van der Waals surface area contributed by atoms with Crippen molar-refractivity contribution in [3.05, 3.63) is 42.2 Å². The van der Waals surface area contributed by atoms with Gasteiger partial charge in [0, 0.05) is 37.9 Å². The summed E-state index contributed by atoms with van der Waals surface area (Å²) in [4.78, 5) is 28.7. The second-order valence-electron chi connectivity index (χ2n) is 5.84. The summed E-state index contributed by atoms with van der Waals surface area (Å²) in [5.41, 5.74) is 2.11. The van der Waals surface area contributed by atoms with Gasteiger partial charge in [-0.3, -0.25) is 14.9 Å². The van der Waals surface area contributed by atoms with Gasteiger partial charge < -0.3 is 14.3 Å². The van der Waals surface area contributed by atoms with Gasteiger partial charge in [0.15, 0.2) is 5.82 Å². The van der Waals surface area contributed by atoms with E-state index in [4.69, 9.17) is 0 Å². The smallest absolute Gasteiger partial charge is 0.315 e. The highest BCUT2D eigenvalue weighted by atomic mass is 16.5. The number of likely N-dealkylation sites (N-methyl/N-ethyl adjacent to an activating group) is 1. The van der Waals surface area contributed by atoms with E-state index in [9.17, 15) is 9.59 Å². The molecule has 24 heavy (non-hydrogen) atoms. The quantitative estimate of drug-likeness (QED) is 0.852. The average Bonchev–Trinajstić information content (AvgIpc) is 3.05. The molecule has 1 aromatic carbocycles. The van der Waals surface area contributed by atoms with E-state index < -0.39 is 11.8 Å². The first-order chi connectivity index (χ1) is 11.6. The number of amides is 2. The van der Waals surface area contributed by atoms with Gasteiger partial charge in [-0.05, 0) is 18.1 Å². The number of rotatable bonds is 2. The van der Waals surface area contributed by atoms with Crippen LogP contribution in [0.3, 0.4) is 0 Å². The lowest BCUT2D eigenvalue weighted by Crippen LogP contribution is -2.47. The molecule has 0 fully saturated rings. The third kappa shape index (κ3) is 3.10. The molecule has 0 saturated heterocycles. The molecule has 1 aromatic heterocycles. The molecule has 7 nitrogen and oxygen atoms in total. The van der Waals surface area contributed by atoms with Gasteiger partial charge in [0.1, 0.15) is 6.26 Å². The molecule has 126 valence electrons. The number of fused-ring (bicyclic) bond motifs is 1. The van der Waals surface area contributed by atoms with E-state index in [1.54, 1.807) is 4.90 Å². The molecule has 0 aliphatic carbocycles. The Kier molecular flexibility index (Phi) is 4.50. The fourth-order valence-corrected chi connectivity index (χ4v) is 3.01. The number of hydrogen-bond acceptors (Lipinski definition) is 5. The van der Waals surface area contributed by atoms with Crippen LogP contribution in [0.25, 0.3) is 0 Å². The minimum absolute atomic E-state index is 0.0436. The predicted octanol–water partition coefficient (Wildman–Crippen LogP) is 1.87. The molecule has 2 aromatic rings. The van der Waals surface area contributed by atoms with Gasteiger partial charge in [0.2, 0.25) is 0 Å². The Morgan fingerprint density at radius 2 is 2.12 bits per heavy atom. The maximum Gasteiger partial charge on any atom is 0.315 e. The molecule has 1 unspecified atom stereocenters. The zero-order valence-electron chi connectivity index (χ0n) is 13.7. The number of para-hydroxylation sites is 1. The maximum absolute atomic E-state index is 12.7.